The maximum atomic E-state index is 12.2. The van der Waals surface area contributed by atoms with Crippen LogP contribution in [0.3, 0.4) is 0 Å². The van der Waals surface area contributed by atoms with Gasteiger partial charge in [0, 0.05) is 5.69 Å². The molecule has 0 bridgehead atoms. The molecular formula is C17H20N2O2. The van der Waals surface area contributed by atoms with Gasteiger partial charge >= 0.3 is 0 Å². The van der Waals surface area contributed by atoms with Gasteiger partial charge in [0.2, 0.25) is 5.91 Å². The number of anilines is 2. The fraction of sp³-hybridized carbons (Fsp3) is 0.235. The first-order valence-electron chi connectivity index (χ1n) is 6.87. The fourth-order valence-corrected chi connectivity index (χ4v) is 2.04. The first kappa shape index (κ1) is 14.9. The van der Waals surface area contributed by atoms with E-state index in [0.717, 1.165) is 16.9 Å². The van der Waals surface area contributed by atoms with E-state index in [0.29, 0.717) is 5.75 Å². The zero-order chi connectivity index (χ0) is 15.2. The Morgan fingerprint density at radius 3 is 2.62 bits per heavy atom. The number of hydrogen-bond acceptors (Lipinski definition) is 3. The third-order valence-electron chi connectivity index (χ3n) is 3.16. The molecule has 2 aromatic rings. The number of ether oxygens (including phenoxy) is 1. The fourth-order valence-electron chi connectivity index (χ4n) is 2.04. The predicted octanol–water partition coefficient (Wildman–Crippen LogP) is 3.44. The molecule has 4 nitrogen and oxygen atoms in total. The van der Waals surface area contributed by atoms with Crippen LogP contribution in [0.15, 0.2) is 48.5 Å². The molecule has 2 rings (SSSR count). The van der Waals surface area contributed by atoms with Crippen molar-refractivity contribution in [3.8, 4) is 5.75 Å². The van der Waals surface area contributed by atoms with Crippen molar-refractivity contribution in [1.82, 2.24) is 0 Å². The highest BCUT2D eigenvalue weighted by atomic mass is 16.5. The zero-order valence-electron chi connectivity index (χ0n) is 12.5. The van der Waals surface area contributed by atoms with Crippen LogP contribution >= 0.6 is 0 Å². The van der Waals surface area contributed by atoms with Crippen molar-refractivity contribution >= 4 is 17.3 Å². The van der Waals surface area contributed by atoms with Gasteiger partial charge in [-0.25, -0.2) is 0 Å². The van der Waals surface area contributed by atoms with Gasteiger partial charge in [-0.15, -0.1) is 0 Å². The number of rotatable bonds is 5. The lowest BCUT2D eigenvalue weighted by atomic mass is 10.2. The second-order valence-corrected chi connectivity index (χ2v) is 4.93. The molecule has 0 saturated heterocycles. The molecule has 0 saturated carbocycles. The lowest BCUT2D eigenvalue weighted by molar-refractivity contribution is -0.116. The maximum absolute atomic E-state index is 12.2. The molecule has 1 atom stereocenters. The van der Waals surface area contributed by atoms with Crippen molar-refractivity contribution < 1.29 is 9.53 Å². The maximum Gasteiger partial charge on any atom is 0.246 e. The van der Waals surface area contributed by atoms with Crippen molar-refractivity contribution in [1.29, 1.82) is 0 Å². The summed E-state index contributed by atoms with van der Waals surface area (Å²) < 4.78 is 5.27. The van der Waals surface area contributed by atoms with E-state index in [-0.39, 0.29) is 11.9 Å². The van der Waals surface area contributed by atoms with E-state index in [4.69, 9.17) is 4.74 Å². The van der Waals surface area contributed by atoms with Gasteiger partial charge in [-0.2, -0.15) is 0 Å². The van der Waals surface area contributed by atoms with E-state index in [1.165, 1.54) is 0 Å². The van der Waals surface area contributed by atoms with Gasteiger partial charge in [0.15, 0.2) is 0 Å². The Morgan fingerprint density at radius 2 is 1.90 bits per heavy atom. The average molecular weight is 284 g/mol. The topological polar surface area (TPSA) is 50.4 Å². The highest BCUT2D eigenvalue weighted by molar-refractivity contribution is 5.96. The molecule has 0 aliphatic rings. The standard InChI is InChI=1S/C17H20N2O2/c1-12-7-6-8-14(11-12)19-17(20)13(2)18-15-9-4-5-10-16(15)21-3/h4-11,13,18H,1-3H3,(H,19,20). The van der Waals surface area contributed by atoms with Crippen molar-refractivity contribution in [2.45, 2.75) is 19.9 Å². The number of para-hydroxylation sites is 2. The van der Waals surface area contributed by atoms with Crippen molar-refractivity contribution in [2.75, 3.05) is 17.7 Å². The van der Waals surface area contributed by atoms with Crippen LogP contribution in [-0.4, -0.2) is 19.1 Å². The minimum atomic E-state index is -0.373. The first-order valence-corrected chi connectivity index (χ1v) is 6.87. The highest BCUT2D eigenvalue weighted by Crippen LogP contribution is 2.24. The molecule has 1 unspecified atom stereocenters. The summed E-state index contributed by atoms with van der Waals surface area (Å²) in [6.07, 6.45) is 0. The minimum absolute atomic E-state index is 0.0912. The van der Waals surface area contributed by atoms with Crippen LogP contribution in [0.2, 0.25) is 0 Å². The largest absolute Gasteiger partial charge is 0.495 e. The summed E-state index contributed by atoms with van der Waals surface area (Å²) in [6, 6.07) is 14.9. The molecule has 1 amide bonds. The number of carbonyl (C=O) groups is 1. The SMILES string of the molecule is COc1ccccc1NC(C)C(=O)Nc1cccc(C)c1. The number of amides is 1. The van der Waals surface area contributed by atoms with E-state index in [1.807, 2.05) is 62.4 Å². The Kier molecular flexibility index (Phi) is 4.82. The lowest BCUT2D eigenvalue weighted by Gasteiger charge is -2.17. The number of hydrogen-bond donors (Lipinski definition) is 2. The summed E-state index contributed by atoms with van der Waals surface area (Å²) in [5.41, 5.74) is 2.71. The molecule has 2 aromatic carbocycles. The van der Waals surface area contributed by atoms with E-state index in [2.05, 4.69) is 10.6 Å². The van der Waals surface area contributed by atoms with Crippen LogP contribution in [0.25, 0.3) is 0 Å². The van der Waals surface area contributed by atoms with E-state index in [9.17, 15) is 4.79 Å². The summed E-state index contributed by atoms with van der Waals surface area (Å²) in [4.78, 5) is 12.2. The van der Waals surface area contributed by atoms with E-state index in [1.54, 1.807) is 7.11 Å². The van der Waals surface area contributed by atoms with Crippen molar-refractivity contribution in [2.24, 2.45) is 0 Å². The number of methoxy groups -OCH3 is 1. The zero-order valence-corrected chi connectivity index (χ0v) is 12.5. The molecule has 4 heteroatoms. The van der Waals surface area contributed by atoms with Crippen LogP contribution in [0, 0.1) is 6.92 Å². The highest BCUT2D eigenvalue weighted by Gasteiger charge is 2.14. The number of benzene rings is 2. The first-order chi connectivity index (χ1) is 10.1. The number of nitrogens with one attached hydrogen (secondary N) is 2. The molecule has 110 valence electrons. The van der Waals surface area contributed by atoms with Gasteiger partial charge in [-0.1, -0.05) is 24.3 Å². The molecular weight excluding hydrogens is 264 g/mol. The lowest BCUT2D eigenvalue weighted by Crippen LogP contribution is -2.32. The van der Waals surface area contributed by atoms with E-state index >= 15 is 0 Å². The van der Waals surface area contributed by atoms with Crippen molar-refractivity contribution in [3.63, 3.8) is 0 Å². The Labute approximate surface area is 125 Å². The van der Waals surface area contributed by atoms with Gasteiger partial charge in [0.25, 0.3) is 0 Å². The third-order valence-corrected chi connectivity index (χ3v) is 3.16. The van der Waals surface area contributed by atoms with Gasteiger partial charge in [-0.3, -0.25) is 4.79 Å². The quantitative estimate of drug-likeness (QED) is 0.884. The Morgan fingerprint density at radius 1 is 1.14 bits per heavy atom. The number of carbonyl (C=O) groups excluding carboxylic acids is 1. The average Bonchev–Trinajstić information content (AvgIpc) is 2.47. The summed E-state index contributed by atoms with van der Waals surface area (Å²) in [5.74, 6) is 0.624. The van der Waals surface area contributed by atoms with Gasteiger partial charge in [-0.05, 0) is 43.7 Å². The summed E-state index contributed by atoms with van der Waals surface area (Å²) in [6.45, 7) is 3.81. The molecule has 0 spiro atoms. The molecule has 21 heavy (non-hydrogen) atoms. The van der Waals surface area contributed by atoms with Crippen LogP contribution in [0.5, 0.6) is 5.75 Å². The van der Waals surface area contributed by atoms with Crippen LogP contribution in [0.4, 0.5) is 11.4 Å². The summed E-state index contributed by atoms with van der Waals surface area (Å²) in [5, 5.41) is 6.06. The Balaban J connectivity index is 2.02. The second-order valence-electron chi connectivity index (χ2n) is 4.93. The molecule has 0 fully saturated rings. The summed E-state index contributed by atoms with van der Waals surface area (Å²) >= 11 is 0. The van der Waals surface area contributed by atoms with Crippen LogP contribution < -0.4 is 15.4 Å². The smallest absolute Gasteiger partial charge is 0.246 e. The third kappa shape index (κ3) is 3.99. The molecule has 0 aliphatic heterocycles. The normalized spacial score (nSPS) is 11.6. The van der Waals surface area contributed by atoms with Gasteiger partial charge in [0.1, 0.15) is 11.8 Å². The Bertz CT molecular complexity index is 626. The van der Waals surface area contributed by atoms with Gasteiger partial charge in [0.05, 0.1) is 12.8 Å². The predicted molar refractivity (Wildman–Crippen MR) is 85.9 cm³/mol. The Hall–Kier alpha value is -2.49. The second kappa shape index (κ2) is 6.79. The van der Waals surface area contributed by atoms with Crippen LogP contribution in [-0.2, 0) is 4.79 Å². The summed E-state index contributed by atoms with van der Waals surface area (Å²) in [7, 11) is 1.61. The number of aryl methyl sites for hydroxylation is 1. The molecule has 0 aromatic heterocycles. The van der Waals surface area contributed by atoms with Crippen LogP contribution in [0.1, 0.15) is 12.5 Å². The molecule has 0 heterocycles. The minimum Gasteiger partial charge on any atom is -0.495 e. The molecule has 0 radical (unpaired) electrons. The van der Waals surface area contributed by atoms with Gasteiger partial charge < -0.3 is 15.4 Å². The van der Waals surface area contributed by atoms with E-state index < -0.39 is 0 Å². The molecule has 0 aliphatic carbocycles. The van der Waals surface area contributed by atoms with Crippen molar-refractivity contribution in [3.05, 3.63) is 54.1 Å². The monoisotopic (exact) mass is 284 g/mol. The molecule has 2 N–H and O–H groups in total.